The maximum absolute atomic E-state index is 13.1. The van der Waals surface area contributed by atoms with E-state index in [2.05, 4.69) is 5.32 Å². The Morgan fingerprint density at radius 1 is 1.03 bits per heavy atom. The molecule has 2 rings (SSSR count). The number of carbonyl (C=O) groups is 3. The van der Waals surface area contributed by atoms with Crippen molar-refractivity contribution in [1.82, 2.24) is 15.1 Å². The van der Waals surface area contributed by atoms with Gasteiger partial charge in [0.2, 0.25) is 11.7 Å². The minimum atomic E-state index is -5.08. The first-order valence-corrected chi connectivity index (χ1v) is 10.4. The van der Waals surface area contributed by atoms with Crippen molar-refractivity contribution in [2.24, 2.45) is 0 Å². The lowest BCUT2D eigenvalue weighted by molar-refractivity contribution is -0.192. The third kappa shape index (κ3) is 9.13. The second-order valence-electron chi connectivity index (χ2n) is 7.07. The quantitative estimate of drug-likeness (QED) is 0.499. The average molecular weight is 509 g/mol. The van der Waals surface area contributed by atoms with Crippen LogP contribution in [0.1, 0.15) is 10.4 Å². The van der Waals surface area contributed by atoms with Crippen LogP contribution in [0.4, 0.5) is 13.2 Å². The van der Waals surface area contributed by atoms with Crippen molar-refractivity contribution in [3.8, 4) is 17.2 Å². The number of carboxylic acids is 1. The molecule has 0 atom stereocenters. The Labute approximate surface area is 200 Å². The van der Waals surface area contributed by atoms with Gasteiger partial charge in [-0.25, -0.2) is 4.79 Å². The second kappa shape index (κ2) is 14.2. The van der Waals surface area contributed by atoms with Crippen LogP contribution in [0, 0.1) is 0 Å². The van der Waals surface area contributed by atoms with E-state index in [1.54, 1.807) is 24.1 Å². The van der Waals surface area contributed by atoms with Gasteiger partial charge in [0.15, 0.2) is 11.5 Å². The Bertz CT molecular complexity index is 836. The highest BCUT2D eigenvalue weighted by molar-refractivity contribution is 5.97. The number of alkyl halides is 3. The lowest BCUT2D eigenvalue weighted by atomic mass is 10.1. The van der Waals surface area contributed by atoms with Gasteiger partial charge in [-0.2, -0.15) is 13.2 Å². The number of benzene rings is 1. The predicted octanol–water partition coefficient (Wildman–Crippen LogP) is 0.866. The van der Waals surface area contributed by atoms with Crippen LogP contribution in [0.3, 0.4) is 0 Å². The molecule has 11 nitrogen and oxygen atoms in total. The van der Waals surface area contributed by atoms with Crippen molar-refractivity contribution < 1.29 is 51.6 Å². The zero-order valence-electron chi connectivity index (χ0n) is 19.9. The number of rotatable bonds is 9. The summed E-state index contributed by atoms with van der Waals surface area (Å²) in [7, 11) is 6.03. The number of hydrogen-bond acceptors (Lipinski definition) is 8. The highest BCUT2D eigenvalue weighted by Gasteiger charge is 2.38. The smallest absolute Gasteiger partial charge is 0.490 e. The molecule has 0 unspecified atom stereocenters. The molecule has 0 aliphatic carbocycles. The number of amides is 2. The molecule has 1 heterocycles. The van der Waals surface area contributed by atoms with Gasteiger partial charge in [-0.3, -0.25) is 9.59 Å². The van der Waals surface area contributed by atoms with Gasteiger partial charge in [-0.05, 0) is 12.1 Å². The SMILES string of the molecule is COCCN(CC(=O)N1CCNCC1)C(=O)c1cc(OC)c(OC)c(OC)c1.O=C(O)C(F)(F)F. The average Bonchev–Trinajstić information content (AvgIpc) is 2.85. The highest BCUT2D eigenvalue weighted by atomic mass is 19.4. The van der Waals surface area contributed by atoms with E-state index in [4.69, 9.17) is 28.8 Å². The van der Waals surface area contributed by atoms with Gasteiger partial charge in [0.25, 0.3) is 5.91 Å². The monoisotopic (exact) mass is 509 g/mol. The molecular formula is C21H30F3N3O8. The number of nitrogens with one attached hydrogen (secondary N) is 1. The summed E-state index contributed by atoms with van der Waals surface area (Å²) in [6, 6.07) is 3.16. The molecule has 1 fully saturated rings. The summed E-state index contributed by atoms with van der Waals surface area (Å²) in [5, 5.41) is 10.3. The summed E-state index contributed by atoms with van der Waals surface area (Å²) in [6.07, 6.45) is -5.08. The maximum Gasteiger partial charge on any atom is 0.490 e. The molecule has 198 valence electrons. The van der Waals surface area contributed by atoms with Crippen molar-refractivity contribution in [2.45, 2.75) is 6.18 Å². The summed E-state index contributed by atoms with van der Waals surface area (Å²) in [5.74, 6) is -1.98. The van der Waals surface area contributed by atoms with Gasteiger partial charge in [0.1, 0.15) is 6.54 Å². The number of carbonyl (C=O) groups excluding carboxylic acids is 2. The fraction of sp³-hybridized carbons (Fsp3) is 0.571. The Kier molecular flexibility index (Phi) is 12.1. The number of halogens is 3. The van der Waals surface area contributed by atoms with Gasteiger partial charge < -0.3 is 39.2 Å². The number of carboxylic acid groups (broad SMARTS) is 1. The first-order valence-electron chi connectivity index (χ1n) is 10.4. The van der Waals surface area contributed by atoms with E-state index < -0.39 is 12.1 Å². The first kappa shape index (κ1) is 29.8. The summed E-state index contributed by atoms with van der Waals surface area (Å²) < 4.78 is 52.8. The number of ether oxygens (including phenoxy) is 4. The van der Waals surface area contributed by atoms with Gasteiger partial charge in [0, 0.05) is 45.4 Å². The molecule has 2 amide bonds. The van der Waals surface area contributed by atoms with Crippen LogP contribution in [0.5, 0.6) is 17.2 Å². The van der Waals surface area contributed by atoms with Crippen molar-refractivity contribution in [2.75, 3.05) is 74.3 Å². The molecule has 2 N–H and O–H groups in total. The van der Waals surface area contributed by atoms with Crippen LogP contribution in [-0.4, -0.2) is 113 Å². The summed E-state index contributed by atoms with van der Waals surface area (Å²) >= 11 is 0. The molecule has 0 radical (unpaired) electrons. The molecule has 1 aliphatic heterocycles. The molecule has 35 heavy (non-hydrogen) atoms. The lowest BCUT2D eigenvalue weighted by Gasteiger charge is -2.30. The van der Waals surface area contributed by atoms with E-state index in [0.29, 0.717) is 49.1 Å². The number of piperazine rings is 1. The Hall–Kier alpha value is -3.26. The van der Waals surface area contributed by atoms with E-state index in [9.17, 15) is 22.8 Å². The molecule has 0 bridgehead atoms. The van der Waals surface area contributed by atoms with Crippen LogP contribution < -0.4 is 19.5 Å². The number of methoxy groups -OCH3 is 4. The molecule has 1 aromatic carbocycles. The van der Waals surface area contributed by atoms with Crippen molar-refractivity contribution in [1.29, 1.82) is 0 Å². The maximum atomic E-state index is 13.1. The Morgan fingerprint density at radius 3 is 1.94 bits per heavy atom. The zero-order chi connectivity index (χ0) is 26.6. The van der Waals surface area contributed by atoms with Gasteiger partial charge in [-0.1, -0.05) is 0 Å². The third-order valence-corrected chi connectivity index (χ3v) is 4.80. The Balaban J connectivity index is 0.000000762. The van der Waals surface area contributed by atoms with Gasteiger partial charge in [0.05, 0.1) is 27.9 Å². The zero-order valence-corrected chi connectivity index (χ0v) is 19.9. The lowest BCUT2D eigenvalue weighted by Crippen LogP contribution is -2.50. The van der Waals surface area contributed by atoms with Crippen LogP contribution in [-0.2, 0) is 14.3 Å². The third-order valence-electron chi connectivity index (χ3n) is 4.80. The van der Waals surface area contributed by atoms with Crippen LogP contribution in [0.25, 0.3) is 0 Å². The van der Waals surface area contributed by atoms with Crippen molar-refractivity contribution in [3.63, 3.8) is 0 Å². The molecule has 0 spiro atoms. The summed E-state index contributed by atoms with van der Waals surface area (Å²) in [5.41, 5.74) is 0.346. The van der Waals surface area contributed by atoms with Crippen molar-refractivity contribution in [3.05, 3.63) is 17.7 Å². The number of aliphatic carboxylic acids is 1. The highest BCUT2D eigenvalue weighted by Crippen LogP contribution is 2.38. The van der Waals surface area contributed by atoms with E-state index in [0.717, 1.165) is 13.1 Å². The molecule has 14 heteroatoms. The normalized spacial score (nSPS) is 13.3. The molecular weight excluding hydrogens is 479 g/mol. The Morgan fingerprint density at radius 2 is 1.54 bits per heavy atom. The van der Waals surface area contributed by atoms with Gasteiger partial charge in [-0.15, -0.1) is 0 Å². The minimum absolute atomic E-state index is 0.0150. The summed E-state index contributed by atoms with van der Waals surface area (Å²) in [6.45, 7) is 3.38. The van der Waals surface area contributed by atoms with E-state index in [1.165, 1.54) is 26.2 Å². The molecule has 1 aromatic rings. The predicted molar refractivity (Wildman–Crippen MR) is 117 cm³/mol. The largest absolute Gasteiger partial charge is 0.493 e. The topological polar surface area (TPSA) is 127 Å². The summed E-state index contributed by atoms with van der Waals surface area (Å²) in [4.78, 5) is 37.9. The van der Waals surface area contributed by atoms with Crippen LogP contribution in [0.2, 0.25) is 0 Å². The minimum Gasteiger partial charge on any atom is -0.493 e. The van der Waals surface area contributed by atoms with E-state index in [-0.39, 0.29) is 18.4 Å². The fourth-order valence-electron chi connectivity index (χ4n) is 3.02. The van der Waals surface area contributed by atoms with E-state index in [1.807, 2.05) is 0 Å². The first-order chi connectivity index (χ1) is 16.5. The number of hydrogen-bond donors (Lipinski definition) is 2. The molecule has 1 saturated heterocycles. The fourth-order valence-corrected chi connectivity index (χ4v) is 3.02. The molecule has 0 aromatic heterocycles. The molecule has 0 saturated carbocycles. The van der Waals surface area contributed by atoms with E-state index >= 15 is 0 Å². The standard InChI is InChI=1S/C19H29N3O6.C2HF3O2/c1-25-10-9-22(13-17(23)21-7-5-20-6-8-21)19(24)14-11-15(26-2)18(28-4)16(12-14)27-3;3-2(4,5)1(6)7/h11-12,20H,5-10,13H2,1-4H3;(H,6,7). The van der Waals surface area contributed by atoms with Crippen molar-refractivity contribution >= 4 is 17.8 Å². The van der Waals surface area contributed by atoms with Gasteiger partial charge >= 0.3 is 12.1 Å². The van der Waals surface area contributed by atoms with Crippen LogP contribution in [0.15, 0.2) is 12.1 Å². The second-order valence-corrected chi connectivity index (χ2v) is 7.07. The molecule has 1 aliphatic rings. The number of nitrogens with zero attached hydrogens (tertiary/aromatic N) is 2. The van der Waals surface area contributed by atoms with Crippen LogP contribution >= 0.6 is 0 Å².